The molecule has 0 N–H and O–H groups in total. The lowest BCUT2D eigenvalue weighted by Crippen LogP contribution is -2.19. The molecule has 0 atom stereocenters. The first-order chi connectivity index (χ1) is 10.6. The van der Waals surface area contributed by atoms with Crippen LogP contribution in [-0.4, -0.2) is 16.8 Å². The van der Waals surface area contributed by atoms with Crippen molar-refractivity contribution in [3.8, 4) is 0 Å². The van der Waals surface area contributed by atoms with Crippen molar-refractivity contribution in [2.75, 3.05) is 0 Å². The van der Waals surface area contributed by atoms with E-state index in [0.717, 1.165) is 25.7 Å². The zero-order chi connectivity index (χ0) is 15.5. The fraction of sp³-hybridized carbons (Fsp3) is 0.375. The summed E-state index contributed by atoms with van der Waals surface area (Å²) in [6.07, 6.45) is 7.00. The number of ether oxygens (including phenoxy) is 1. The maximum absolute atomic E-state index is 11.9. The first-order valence-electron chi connectivity index (χ1n) is 7.40. The van der Waals surface area contributed by atoms with Crippen molar-refractivity contribution in [1.29, 1.82) is 0 Å². The number of nitro groups is 1. The summed E-state index contributed by atoms with van der Waals surface area (Å²) in [5, 5.41) is 10.8. The van der Waals surface area contributed by atoms with E-state index in [1.165, 1.54) is 24.6 Å². The van der Waals surface area contributed by atoms with Gasteiger partial charge in [0.25, 0.3) is 5.69 Å². The van der Waals surface area contributed by atoms with Crippen LogP contribution in [-0.2, 0) is 9.53 Å². The fourth-order valence-corrected chi connectivity index (χ4v) is 2.84. The molecular weight excluding hydrogens is 284 g/mol. The predicted octanol–water partition coefficient (Wildman–Crippen LogP) is 3.47. The number of carbonyl (C=O) groups excluding carboxylic acids is 1. The lowest BCUT2D eigenvalue weighted by atomic mass is 9.89. The van der Waals surface area contributed by atoms with Crippen molar-refractivity contribution < 1.29 is 14.5 Å². The number of non-ortho nitro benzene ring substituents is 1. The standard InChI is InChI=1S/C16H16N2O4/c19-16-14(10-11-5-4-8-13(9-11)18(20)21)17-15(22-16)12-6-2-1-3-7-12/h4-5,8-10,12H,1-3,6-7H2. The highest BCUT2D eigenvalue weighted by molar-refractivity contribution is 6.07. The highest BCUT2D eigenvalue weighted by Gasteiger charge is 2.30. The minimum absolute atomic E-state index is 0.0165. The van der Waals surface area contributed by atoms with Gasteiger partial charge in [-0.15, -0.1) is 0 Å². The zero-order valence-electron chi connectivity index (χ0n) is 12.0. The summed E-state index contributed by atoms with van der Waals surface area (Å²) < 4.78 is 5.27. The van der Waals surface area contributed by atoms with E-state index in [-0.39, 0.29) is 17.3 Å². The van der Waals surface area contributed by atoms with Crippen molar-refractivity contribution >= 4 is 23.6 Å². The summed E-state index contributed by atoms with van der Waals surface area (Å²) in [7, 11) is 0. The Labute approximate surface area is 127 Å². The molecule has 1 heterocycles. The molecule has 0 bridgehead atoms. The van der Waals surface area contributed by atoms with Crippen LogP contribution in [0.5, 0.6) is 0 Å². The van der Waals surface area contributed by atoms with Gasteiger partial charge >= 0.3 is 5.97 Å². The number of cyclic esters (lactones) is 1. The van der Waals surface area contributed by atoms with Crippen LogP contribution < -0.4 is 0 Å². The molecule has 6 nitrogen and oxygen atoms in total. The van der Waals surface area contributed by atoms with Crippen molar-refractivity contribution in [2.45, 2.75) is 32.1 Å². The Balaban J connectivity index is 1.84. The van der Waals surface area contributed by atoms with Gasteiger partial charge in [-0.05, 0) is 24.5 Å². The Morgan fingerprint density at radius 2 is 2.05 bits per heavy atom. The predicted molar refractivity (Wildman–Crippen MR) is 81.2 cm³/mol. The van der Waals surface area contributed by atoms with Crippen molar-refractivity contribution in [3.05, 3.63) is 45.6 Å². The molecule has 1 aromatic rings. The van der Waals surface area contributed by atoms with Crippen LogP contribution in [0.2, 0.25) is 0 Å². The summed E-state index contributed by atoms with van der Waals surface area (Å²) >= 11 is 0. The molecule has 3 rings (SSSR count). The molecule has 1 aliphatic carbocycles. The highest BCUT2D eigenvalue weighted by Crippen LogP contribution is 2.29. The molecule has 0 amide bonds. The number of hydrogen-bond acceptors (Lipinski definition) is 5. The number of hydrogen-bond donors (Lipinski definition) is 0. The molecule has 0 aromatic heterocycles. The number of aliphatic imine (C=N–C) groups is 1. The largest absolute Gasteiger partial charge is 0.406 e. The Kier molecular flexibility index (Phi) is 4.00. The topological polar surface area (TPSA) is 81.8 Å². The Bertz CT molecular complexity index is 672. The lowest BCUT2D eigenvalue weighted by molar-refractivity contribution is -0.384. The summed E-state index contributed by atoms with van der Waals surface area (Å²) in [6, 6.07) is 6.10. The summed E-state index contributed by atoms with van der Waals surface area (Å²) in [4.78, 5) is 26.5. The monoisotopic (exact) mass is 300 g/mol. The molecule has 1 saturated carbocycles. The molecule has 1 fully saturated rings. The second-order valence-corrected chi connectivity index (χ2v) is 5.56. The summed E-state index contributed by atoms with van der Waals surface area (Å²) in [6.45, 7) is 0. The molecule has 0 saturated heterocycles. The molecule has 2 aliphatic rings. The third kappa shape index (κ3) is 3.05. The van der Waals surface area contributed by atoms with E-state index < -0.39 is 10.9 Å². The molecule has 0 spiro atoms. The van der Waals surface area contributed by atoms with Crippen LogP contribution in [0.15, 0.2) is 35.0 Å². The zero-order valence-corrected chi connectivity index (χ0v) is 12.0. The maximum Gasteiger partial charge on any atom is 0.363 e. The minimum atomic E-state index is -0.480. The van der Waals surface area contributed by atoms with E-state index in [1.807, 2.05) is 0 Å². The Hall–Kier alpha value is -2.50. The average Bonchev–Trinajstić information content (AvgIpc) is 2.89. The summed E-state index contributed by atoms with van der Waals surface area (Å²) in [5.41, 5.74) is 0.757. The number of benzene rings is 1. The van der Waals surface area contributed by atoms with Crippen LogP contribution >= 0.6 is 0 Å². The number of nitrogens with zero attached hydrogens (tertiary/aromatic N) is 2. The maximum atomic E-state index is 11.9. The van der Waals surface area contributed by atoms with Gasteiger partial charge in [-0.2, -0.15) is 0 Å². The first kappa shape index (κ1) is 14.4. The molecule has 1 aromatic carbocycles. The van der Waals surface area contributed by atoms with Crippen LogP contribution in [0, 0.1) is 16.0 Å². The molecular formula is C16H16N2O4. The number of nitro benzene ring substituents is 1. The fourth-order valence-electron chi connectivity index (χ4n) is 2.84. The van der Waals surface area contributed by atoms with Gasteiger partial charge in [-0.3, -0.25) is 10.1 Å². The van der Waals surface area contributed by atoms with Gasteiger partial charge in [0.05, 0.1) is 4.92 Å². The molecule has 1 aliphatic heterocycles. The van der Waals surface area contributed by atoms with E-state index >= 15 is 0 Å². The van der Waals surface area contributed by atoms with Gasteiger partial charge in [-0.25, -0.2) is 9.79 Å². The lowest BCUT2D eigenvalue weighted by Gasteiger charge is -2.19. The third-order valence-corrected chi connectivity index (χ3v) is 3.98. The van der Waals surface area contributed by atoms with Crippen LogP contribution in [0.3, 0.4) is 0 Å². The van der Waals surface area contributed by atoms with Gasteiger partial charge in [0.1, 0.15) is 0 Å². The second kappa shape index (κ2) is 6.09. The summed E-state index contributed by atoms with van der Waals surface area (Å²) in [5.74, 6) is 0.238. The van der Waals surface area contributed by atoms with E-state index in [1.54, 1.807) is 12.1 Å². The quantitative estimate of drug-likeness (QED) is 0.370. The van der Waals surface area contributed by atoms with E-state index in [9.17, 15) is 14.9 Å². The molecule has 22 heavy (non-hydrogen) atoms. The van der Waals surface area contributed by atoms with Crippen molar-refractivity contribution in [3.63, 3.8) is 0 Å². The van der Waals surface area contributed by atoms with Crippen LogP contribution in [0.25, 0.3) is 6.08 Å². The number of esters is 1. The molecule has 0 radical (unpaired) electrons. The number of carbonyl (C=O) groups is 1. The van der Waals surface area contributed by atoms with Gasteiger partial charge in [0.2, 0.25) is 5.90 Å². The third-order valence-electron chi connectivity index (χ3n) is 3.98. The van der Waals surface area contributed by atoms with E-state index in [0.29, 0.717) is 11.5 Å². The molecule has 6 heteroatoms. The molecule has 114 valence electrons. The van der Waals surface area contributed by atoms with Gasteiger partial charge in [-0.1, -0.05) is 31.4 Å². The van der Waals surface area contributed by atoms with Gasteiger partial charge in [0.15, 0.2) is 5.70 Å². The minimum Gasteiger partial charge on any atom is -0.406 e. The van der Waals surface area contributed by atoms with Crippen molar-refractivity contribution in [1.82, 2.24) is 0 Å². The van der Waals surface area contributed by atoms with Gasteiger partial charge < -0.3 is 4.74 Å². The Morgan fingerprint density at radius 1 is 1.27 bits per heavy atom. The molecule has 0 unspecified atom stereocenters. The Morgan fingerprint density at radius 3 is 2.77 bits per heavy atom. The smallest absolute Gasteiger partial charge is 0.363 e. The highest BCUT2D eigenvalue weighted by atomic mass is 16.6. The van der Waals surface area contributed by atoms with Crippen molar-refractivity contribution in [2.24, 2.45) is 10.9 Å². The van der Waals surface area contributed by atoms with Gasteiger partial charge in [0, 0.05) is 18.1 Å². The second-order valence-electron chi connectivity index (χ2n) is 5.56. The number of rotatable bonds is 3. The van der Waals surface area contributed by atoms with E-state index in [2.05, 4.69) is 4.99 Å². The SMILES string of the molecule is O=C1OC(C2CCCCC2)=NC1=Cc1cccc([N+](=O)[O-])c1. The van der Waals surface area contributed by atoms with Crippen LogP contribution in [0.4, 0.5) is 5.69 Å². The van der Waals surface area contributed by atoms with E-state index in [4.69, 9.17) is 4.74 Å². The first-order valence-corrected chi connectivity index (χ1v) is 7.40. The normalized spacial score (nSPS) is 20.8. The average molecular weight is 300 g/mol. The van der Waals surface area contributed by atoms with Crippen LogP contribution in [0.1, 0.15) is 37.7 Å².